The van der Waals surface area contributed by atoms with Gasteiger partial charge < -0.3 is 9.64 Å². The van der Waals surface area contributed by atoms with Crippen LogP contribution in [0.3, 0.4) is 0 Å². The second kappa shape index (κ2) is 7.79. The number of hydrogen-bond donors (Lipinski definition) is 1. The number of sulfonamides is 1. The number of rotatable bonds is 5. The predicted molar refractivity (Wildman–Crippen MR) is 113 cm³/mol. The molecule has 2 aromatic rings. The summed E-state index contributed by atoms with van der Waals surface area (Å²) in [4.78, 5) is 28.0. The summed E-state index contributed by atoms with van der Waals surface area (Å²) in [6.45, 7) is 4.53. The molecular weight excluding hydrogens is 424 g/mol. The molecule has 1 fully saturated rings. The van der Waals surface area contributed by atoms with Gasteiger partial charge in [0, 0.05) is 23.0 Å². The van der Waals surface area contributed by atoms with Gasteiger partial charge in [0.15, 0.2) is 0 Å². The lowest BCUT2D eigenvalue weighted by atomic mass is 10.0. The van der Waals surface area contributed by atoms with Gasteiger partial charge in [-0.2, -0.15) is 0 Å². The Hall–Kier alpha value is -2.23. The van der Waals surface area contributed by atoms with Crippen LogP contribution in [0, 0.1) is 13.8 Å². The van der Waals surface area contributed by atoms with E-state index < -0.39 is 16.0 Å². The summed E-state index contributed by atoms with van der Waals surface area (Å²) in [5.41, 5.74) is 3.34. The van der Waals surface area contributed by atoms with Gasteiger partial charge in [-0.15, -0.1) is 11.3 Å². The molecule has 1 aromatic heterocycles. The van der Waals surface area contributed by atoms with Crippen molar-refractivity contribution in [3.63, 3.8) is 0 Å². The van der Waals surface area contributed by atoms with Crippen LogP contribution in [0.15, 0.2) is 22.4 Å². The van der Waals surface area contributed by atoms with Gasteiger partial charge in [0.1, 0.15) is 4.21 Å². The molecule has 0 atom stereocenters. The first-order chi connectivity index (χ1) is 14.2. The molecule has 1 aromatic carbocycles. The summed E-state index contributed by atoms with van der Waals surface area (Å²) < 4.78 is 33.3. The van der Waals surface area contributed by atoms with Gasteiger partial charge in [-0.3, -0.25) is 4.79 Å². The number of aryl methyl sites for hydroxylation is 2. The number of methoxy groups -OCH3 is 1. The van der Waals surface area contributed by atoms with E-state index in [9.17, 15) is 18.0 Å². The maximum atomic E-state index is 13.1. The molecule has 160 valence electrons. The fraction of sp³-hybridized carbons (Fsp3) is 0.429. The molecule has 9 heteroatoms. The summed E-state index contributed by atoms with van der Waals surface area (Å²) in [6.07, 6.45) is 2.01. The van der Waals surface area contributed by atoms with Gasteiger partial charge in [-0.1, -0.05) is 17.7 Å². The lowest BCUT2D eigenvalue weighted by Gasteiger charge is -2.28. The molecule has 2 heterocycles. The molecule has 0 bridgehead atoms. The van der Waals surface area contributed by atoms with E-state index in [0.717, 1.165) is 40.2 Å². The summed E-state index contributed by atoms with van der Waals surface area (Å²) in [6, 6.07) is 5.69. The van der Waals surface area contributed by atoms with Crippen LogP contribution < -0.4 is 4.72 Å². The first-order valence-corrected chi connectivity index (χ1v) is 12.1. The largest absolute Gasteiger partial charge is 0.465 e. The number of fused-ring (bicyclic) bond motifs is 1. The van der Waals surface area contributed by atoms with Crippen molar-refractivity contribution in [2.24, 2.45) is 0 Å². The van der Waals surface area contributed by atoms with Crippen LogP contribution in [-0.4, -0.2) is 44.9 Å². The average molecular weight is 449 g/mol. The Morgan fingerprint density at radius 3 is 2.63 bits per heavy atom. The molecule has 0 saturated heterocycles. The highest BCUT2D eigenvalue weighted by Gasteiger charge is 2.37. The molecular formula is C21H24N2O5S2. The Kier molecular flexibility index (Phi) is 5.46. The Morgan fingerprint density at radius 1 is 1.23 bits per heavy atom. The summed E-state index contributed by atoms with van der Waals surface area (Å²) in [7, 11) is -2.57. The number of ether oxygens (including phenoxy) is 1. The predicted octanol–water partition coefficient (Wildman–Crippen LogP) is 2.79. The van der Waals surface area contributed by atoms with Crippen molar-refractivity contribution >= 4 is 33.2 Å². The van der Waals surface area contributed by atoms with Crippen LogP contribution in [0.4, 0.5) is 0 Å². The van der Waals surface area contributed by atoms with Gasteiger partial charge in [0.25, 0.3) is 15.9 Å². The zero-order valence-corrected chi connectivity index (χ0v) is 18.8. The maximum Gasteiger partial charge on any atom is 0.340 e. The number of nitrogens with zero attached hydrogens (tertiary/aromatic N) is 1. The normalized spacial score (nSPS) is 16.3. The molecule has 0 unspecified atom stereocenters. The van der Waals surface area contributed by atoms with E-state index >= 15 is 0 Å². The number of thiophene rings is 1. The summed E-state index contributed by atoms with van der Waals surface area (Å²) in [5.74, 6) is -0.742. The van der Waals surface area contributed by atoms with Crippen LogP contribution in [0.5, 0.6) is 0 Å². The molecule has 0 spiro atoms. The number of amides is 1. The topological polar surface area (TPSA) is 92.8 Å². The second-order valence-electron chi connectivity index (χ2n) is 7.85. The molecule has 0 radical (unpaired) electrons. The van der Waals surface area contributed by atoms with Crippen molar-refractivity contribution in [2.75, 3.05) is 13.7 Å². The monoisotopic (exact) mass is 448 g/mol. The lowest BCUT2D eigenvalue weighted by Crippen LogP contribution is -2.36. The number of hydrogen-bond acceptors (Lipinski definition) is 6. The molecule has 1 saturated carbocycles. The molecule has 7 nitrogen and oxygen atoms in total. The van der Waals surface area contributed by atoms with Crippen LogP contribution in [0.25, 0.3) is 0 Å². The van der Waals surface area contributed by atoms with Gasteiger partial charge in [0.05, 0.1) is 19.2 Å². The van der Waals surface area contributed by atoms with Crippen LogP contribution in [-0.2, 0) is 27.7 Å². The summed E-state index contributed by atoms with van der Waals surface area (Å²) in [5, 5.41) is 0. The van der Waals surface area contributed by atoms with Crippen LogP contribution in [0.2, 0.25) is 0 Å². The Bertz CT molecular complexity index is 1130. The zero-order valence-electron chi connectivity index (χ0n) is 17.1. The van der Waals surface area contributed by atoms with Gasteiger partial charge in [-0.05, 0) is 50.3 Å². The summed E-state index contributed by atoms with van der Waals surface area (Å²) >= 11 is 1.06. The molecule has 4 rings (SSSR count). The highest BCUT2D eigenvalue weighted by atomic mass is 32.2. The number of nitrogens with one attached hydrogen (secondary N) is 1. The SMILES string of the molecule is COC(=O)c1c(S(=O)(=O)NC2CC2)sc2c1CCN(C(=O)c1cc(C)ccc1C)C2. The first kappa shape index (κ1) is 21.0. The molecule has 1 N–H and O–H groups in total. The third kappa shape index (κ3) is 3.89. The van der Waals surface area contributed by atoms with E-state index in [1.54, 1.807) is 4.90 Å². The van der Waals surface area contributed by atoms with Gasteiger partial charge in [-0.25, -0.2) is 17.9 Å². The van der Waals surface area contributed by atoms with Gasteiger partial charge in [0.2, 0.25) is 0 Å². The molecule has 2 aliphatic rings. The average Bonchev–Trinajstić information content (AvgIpc) is 3.43. The second-order valence-corrected chi connectivity index (χ2v) is 10.9. The Balaban J connectivity index is 1.69. The number of esters is 1. The van der Waals surface area contributed by atoms with Crippen molar-refractivity contribution in [3.8, 4) is 0 Å². The van der Waals surface area contributed by atoms with Crippen LogP contribution in [0.1, 0.15) is 55.1 Å². The van der Waals surface area contributed by atoms with E-state index in [1.165, 1.54) is 7.11 Å². The maximum absolute atomic E-state index is 13.1. The molecule has 1 aliphatic heterocycles. The Labute approximate surface area is 180 Å². The number of carbonyl (C=O) groups is 2. The van der Waals surface area contributed by atoms with E-state index in [0.29, 0.717) is 24.1 Å². The van der Waals surface area contributed by atoms with Crippen molar-refractivity contribution in [3.05, 3.63) is 50.9 Å². The standard InChI is InChI=1S/C21H24N2O5S2/c1-12-4-5-13(2)16(10-12)19(24)23-9-8-15-17(11-23)29-21(18(15)20(25)28-3)30(26,27)22-14-6-7-14/h4-5,10,14,22H,6-9,11H2,1-3H3. The van der Waals surface area contributed by atoms with Crippen molar-refractivity contribution in [2.45, 2.75) is 49.9 Å². The van der Waals surface area contributed by atoms with Crippen molar-refractivity contribution in [1.29, 1.82) is 0 Å². The molecule has 30 heavy (non-hydrogen) atoms. The highest BCUT2D eigenvalue weighted by Crippen LogP contribution is 2.38. The van der Waals surface area contributed by atoms with E-state index in [2.05, 4.69) is 4.72 Å². The zero-order chi connectivity index (χ0) is 21.6. The van der Waals surface area contributed by atoms with E-state index in [-0.39, 0.29) is 28.3 Å². The minimum Gasteiger partial charge on any atom is -0.465 e. The smallest absolute Gasteiger partial charge is 0.340 e. The fourth-order valence-electron chi connectivity index (χ4n) is 3.66. The van der Waals surface area contributed by atoms with E-state index in [1.807, 2.05) is 32.0 Å². The number of carbonyl (C=O) groups excluding carboxylic acids is 2. The first-order valence-electron chi connectivity index (χ1n) is 9.83. The van der Waals surface area contributed by atoms with Gasteiger partial charge >= 0.3 is 5.97 Å². The lowest BCUT2D eigenvalue weighted by molar-refractivity contribution is 0.0595. The Morgan fingerprint density at radius 2 is 1.97 bits per heavy atom. The van der Waals surface area contributed by atoms with Crippen molar-refractivity contribution in [1.82, 2.24) is 9.62 Å². The third-order valence-electron chi connectivity index (χ3n) is 5.47. The van der Waals surface area contributed by atoms with Crippen LogP contribution >= 0.6 is 11.3 Å². The van der Waals surface area contributed by atoms with Crippen molar-refractivity contribution < 1.29 is 22.7 Å². The third-order valence-corrected chi connectivity index (χ3v) is 8.72. The number of benzene rings is 1. The quantitative estimate of drug-likeness (QED) is 0.710. The molecule has 1 aliphatic carbocycles. The highest BCUT2D eigenvalue weighted by molar-refractivity contribution is 7.91. The minimum absolute atomic E-state index is 0.00714. The molecule has 1 amide bonds. The minimum atomic E-state index is -3.81. The van der Waals surface area contributed by atoms with E-state index in [4.69, 9.17) is 4.74 Å². The fourth-order valence-corrected chi connectivity index (χ4v) is 6.88.